The molecule has 1 aromatic carbocycles. The molecule has 2 bridgehead atoms. The molecule has 0 radical (unpaired) electrons. The summed E-state index contributed by atoms with van der Waals surface area (Å²) in [5, 5.41) is 0. The minimum Gasteiger partial charge on any atom is -0.497 e. The Balaban J connectivity index is 1.32. The predicted octanol–water partition coefficient (Wildman–Crippen LogP) is 4.26. The molecular formula is C24H34N2O2. The average Bonchev–Trinajstić information content (AvgIpc) is 3.28. The van der Waals surface area contributed by atoms with Gasteiger partial charge >= 0.3 is 0 Å². The van der Waals surface area contributed by atoms with Gasteiger partial charge in [0.25, 0.3) is 0 Å². The summed E-state index contributed by atoms with van der Waals surface area (Å²) in [6, 6.07) is 9.90. The number of hydrogen-bond donors (Lipinski definition) is 0. The Morgan fingerprint density at radius 3 is 2.50 bits per heavy atom. The molecule has 4 aliphatic rings. The molecular weight excluding hydrogens is 348 g/mol. The molecule has 1 aromatic rings. The van der Waals surface area contributed by atoms with E-state index in [0.29, 0.717) is 35.7 Å². The van der Waals surface area contributed by atoms with Crippen LogP contribution in [-0.4, -0.2) is 48.5 Å². The molecule has 28 heavy (non-hydrogen) atoms. The number of ether oxygens (including phenoxy) is 1. The fourth-order valence-corrected chi connectivity index (χ4v) is 6.60. The van der Waals surface area contributed by atoms with Gasteiger partial charge in [-0.15, -0.1) is 0 Å². The standard InChI is InChI=1S/C24H34N2O2/c1-28-21-11-9-18(10-12-21)22-7-4-8-23-20-13-17(15-26(22)23)14-25(16-20)24(27)19-5-2-3-6-19/h9-12,17,19-20,22-23H,2-8,13-16H2,1H3/t17-,20+,22+,23-/m0/s1. The van der Waals surface area contributed by atoms with Gasteiger partial charge in [0.1, 0.15) is 5.75 Å². The van der Waals surface area contributed by atoms with Gasteiger partial charge in [-0.05, 0) is 68.1 Å². The molecule has 0 unspecified atom stereocenters. The van der Waals surface area contributed by atoms with E-state index in [1.807, 2.05) is 0 Å². The van der Waals surface area contributed by atoms with Gasteiger partial charge in [-0.3, -0.25) is 9.69 Å². The Hall–Kier alpha value is -1.55. The summed E-state index contributed by atoms with van der Waals surface area (Å²) >= 11 is 0. The second kappa shape index (κ2) is 7.70. The monoisotopic (exact) mass is 382 g/mol. The minimum absolute atomic E-state index is 0.327. The zero-order valence-electron chi connectivity index (χ0n) is 17.2. The number of hydrogen-bond acceptors (Lipinski definition) is 3. The number of fused-ring (bicyclic) bond motifs is 4. The topological polar surface area (TPSA) is 32.8 Å². The van der Waals surface area contributed by atoms with E-state index in [2.05, 4.69) is 34.1 Å². The Bertz CT molecular complexity index is 697. The van der Waals surface area contributed by atoms with Crippen LogP contribution in [0.4, 0.5) is 0 Å². The molecule has 0 spiro atoms. The maximum Gasteiger partial charge on any atom is 0.225 e. The first kappa shape index (κ1) is 18.5. The van der Waals surface area contributed by atoms with E-state index in [-0.39, 0.29) is 0 Å². The van der Waals surface area contributed by atoms with Crippen LogP contribution < -0.4 is 4.74 Å². The molecule has 4 fully saturated rings. The van der Waals surface area contributed by atoms with Crippen LogP contribution in [0.1, 0.15) is 63.0 Å². The van der Waals surface area contributed by atoms with Crippen molar-refractivity contribution >= 4 is 5.91 Å². The molecule has 3 aliphatic heterocycles. The smallest absolute Gasteiger partial charge is 0.225 e. The highest BCUT2D eigenvalue weighted by atomic mass is 16.5. The summed E-state index contributed by atoms with van der Waals surface area (Å²) in [7, 11) is 1.73. The van der Waals surface area contributed by atoms with Gasteiger partial charge in [0.05, 0.1) is 7.11 Å². The fraction of sp³-hybridized carbons (Fsp3) is 0.708. The molecule has 3 saturated heterocycles. The summed E-state index contributed by atoms with van der Waals surface area (Å²) in [6.07, 6.45) is 9.93. The van der Waals surface area contributed by atoms with Crippen LogP contribution in [-0.2, 0) is 4.79 Å². The molecule has 5 rings (SSSR count). The van der Waals surface area contributed by atoms with Crippen molar-refractivity contribution in [3.8, 4) is 5.75 Å². The maximum atomic E-state index is 13.0. The quantitative estimate of drug-likeness (QED) is 0.783. The van der Waals surface area contributed by atoms with Crippen molar-refractivity contribution in [3.05, 3.63) is 29.8 Å². The normalized spacial score (nSPS) is 33.5. The third kappa shape index (κ3) is 3.34. The van der Waals surface area contributed by atoms with E-state index in [4.69, 9.17) is 4.74 Å². The van der Waals surface area contributed by atoms with Gasteiger partial charge in [0.15, 0.2) is 0 Å². The van der Waals surface area contributed by atoms with Crippen molar-refractivity contribution in [2.75, 3.05) is 26.7 Å². The van der Waals surface area contributed by atoms with Crippen molar-refractivity contribution in [1.29, 1.82) is 0 Å². The molecule has 4 heteroatoms. The zero-order chi connectivity index (χ0) is 19.1. The summed E-state index contributed by atoms with van der Waals surface area (Å²) < 4.78 is 5.35. The van der Waals surface area contributed by atoms with Gasteiger partial charge in [-0.25, -0.2) is 0 Å². The lowest BCUT2D eigenvalue weighted by molar-refractivity contribution is -0.143. The molecule has 1 aliphatic carbocycles. The second-order valence-corrected chi connectivity index (χ2v) is 9.57. The van der Waals surface area contributed by atoms with Crippen LogP contribution in [0.3, 0.4) is 0 Å². The molecule has 0 aromatic heterocycles. The first-order valence-electron chi connectivity index (χ1n) is 11.4. The predicted molar refractivity (Wildman–Crippen MR) is 110 cm³/mol. The first-order chi connectivity index (χ1) is 13.7. The molecule has 152 valence electrons. The van der Waals surface area contributed by atoms with E-state index >= 15 is 0 Å². The van der Waals surface area contributed by atoms with Crippen LogP contribution in [0.2, 0.25) is 0 Å². The van der Waals surface area contributed by atoms with Gasteiger partial charge in [0, 0.05) is 37.6 Å². The highest BCUT2D eigenvalue weighted by Crippen LogP contribution is 2.45. The third-order valence-corrected chi connectivity index (χ3v) is 7.90. The van der Waals surface area contributed by atoms with Gasteiger partial charge in [-0.2, -0.15) is 0 Å². The molecule has 4 nitrogen and oxygen atoms in total. The van der Waals surface area contributed by atoms with Gasteiger partial charge < -0.3 is 9.64 Å². The average molecular weight is 383 g/mol. The number of carbonyl (C=O) groups excluding carboxylic acids is 1. The maximum absolute atomic E-state index is 13.0. The van der Waals surface area contributed by atoms with Crippen LogP contribution >= 0.6 is 0 Å². The van der Waals surface area contributed by atoms with E-state index in [1.54, 1.807) is 7.11 Å². The Morgan fingerprint density at radius 1 is 0.964 bits per heavy atom. The SMILES string of the molecule is COc1ccc([C@H]2CCC[C@H]3[C@@H]4C[C@@H](CN(C(=O)C5CCCC5)C4)CN23)cc1. The lowest BCUT2D eigenvalue weighted by Gasteiger charge is -2.55. The third-order valence-electron chi connectivity index (χ3n) is 7.90. The van der Waals surface area contributed by atoms with E-state index < -0.39 is 0 Å². The van der Waals surface area contributed by atoms with Gasteiger partial charge in [0.2, 0.25) is 5.91 Å². The molecule has 1 amide bonds. The summed E-state index contributed by atoms with van der Waals surface area (Å²) in [5.74, 6) is 3.06. The number of amides is 1. The number of methoxy groups -OCH3 is 1. The number of benzene rings is 1. The highest BCUT2D eigenvalue weighted by molar-refractivity contribution is 5.79. The van der Waals surface area contributed by atoms with Crippen LogP contribution in [0.5, 0.6) is 5.75 Å². The number of piperidine rings is 3. The van der Waals surface area contributed by atoms with Gasteiger partial charge in [-0.1, -0.05) is 25.0 Å². The van der Waals surface area contributed by atoms with Crippen molar-refractivity contribution in [2.45, 2.75) is 63.5 Å². The van der Waals surface area contributed by atoms with Crippen molar-refractivity contribution in [1.82, 2.24) is 9.80 Å². The first-order valence-corrected chi connectivity index (χ1v) is 11.4. The van der Waals surface area contributed by atoms with Crippen molar-refractivity contribution < 1.29 is 9.53 Å². The Morgan fingerprint density at radius 2 is 1.75 bits per heavy atom. The largest absolute Gasteiger partial charge is 0.497 e. The zero-order valence-corrected chi connectivity index (χ0v) is 17.2. The highest BCUT2D eigenvalue weighted by Gasteiger charge is 2.46. The second-order valence-electron chi connectivity index (χ2n) is 9.57. The summed E-state index contributed by atoms with van der Waals surface area (Å²) in [5.41, 5.74) is 1.43. The van der Waals surface area contributed by atoms with Crippen molar-refractivity contribution in [3.63, 3.8) is 0 Å². The Labute approximate surface area is 169 Å². The molecule has 4 atom stereocenters. The number of likely N-dealkylation sites (tertiary alicyclic amines) is 1. The number of carbonyl (C=O) groups is 1. The van der Waals surface area contributed by atoms with E-state index in [1.165, 1.54) is 44.1 Å². The molecule has 1 saturated carbocycles. The molecule has 0 N–H and O–H groups in total. The van der Waals surface area contributed by atoms with Crippen LogP contribution in [0.25, 0.3) is 0 Å². The van der Waals surface area contributed by atoms with E-state index in [9.17, 15) is 4.79 Å². The van der Waals surface area contributed by atoms with Crippen LogP contribution in [0, 0.1) is 17.8 Å². The summed E-state index contributed by atoms with van der Waals surface area (Å²) in [6.45, 7) is 3.15. The summed E-state index contributed by atoms with van der Waals surface area (Å²) in [4.78, 5) is 18.1. The van der Waals surface area contributed by atoms with E-state index in [0.717, 1.165) is 38.2 Å². The number of nitrogens with zero attached hydrogens (tertiary/aromatic N) is 2. The number of rotatable bonds is 3. The fourth-order valence-electron chi connectivity index (χ4n) is 6.60. The van der Waals surface area contributed by atoms with Crippen LogP contribution in [0.15, 0.2) is 24.3 Å². The Kier molecular flexibility index (Phi) is 5.08. The lowest BCUT2D eigenvalue weighted by atomic mass is 9.73. The van der Waals surface area contributed by atoms with Crippen molar-refractivity contribution in [2.24, 2.45) is 17.8 Å². The molecule has 3 heterocycles. The minimum atomic E-state index is 0.327. The lowest BCUT2D eigenvalue weighted by Crippen LogP contribution is -2.60.